The number of halogens is 3. The van der Waals surface area contributed by atoms with E-state index in [0.29, 0.717) is 0 Å². The van der Waals surface area contributed by atoms with Crippen LogP contribution in [0.3, 0.4) is 0 Å². The van der Waals surface area contributed by atoms with Gasteiger partial charge in [0.15, 0.2) is 5.96 Å². The highest BCUT2D eigenvalue weighted by atomic mass is 35.5. The Morgan fingerprint density at radius 2 is 1.77 bits per heavy atom. The zero-order chi connectivity index (χ0) is 19.4. The lowest BCUT2D eigenvalue weighted by Crippen LogP contribution is -2.26. The van der Waals surface area contributed by atoms with E-state index < -0.39 is 10.6 Å². The number of nitrogens with two attached hydrogens (primary N) is 3. The fraction of sp³-hybridized carbons (Fsp3) is 0. The van der Waals surface area contributed by atoms with Gasteiger partial charge in [0.05, 0.1) is 15.0 Å². The van der Waals surface area contributed by atoms with Crippen molar-refractivity contribution in [3.8, 4) is 11.5 Å². The van der Waals surface area contributed by atoms with E-state index >= 15 is 0 Å². The van der Waals surface area contributed by atoms with E-state index in [1.165, 1.54) is 6.07 Å². The molecular formula is C14H11Cl3N6O3. The third-order valence-corrected chi connectivity index (χ3v) is 3.94. The second-order valence-corrected chi connectivity index (χ2v) is 5.88. The van der Waals surface area contributed by atoms with Gasteiger partial charge < -0.3 is 21.9 Å². The third-order valence-electron chi connectivity index (χ3n) is 2.84. The van der Waals surface area contributed by atoms with Crippen molar-refractivity contribution in [1.82, 2.24) is 0 Å². The predicted molar refractivity (Wildman–Crippen MR) is 102 cm³/mol. The molecule has 0 aliphatic carbocycles. The summed E-state index contributed by atoms with van der Waals surface area (Å²) in [7, 11) is 0. The summed E-state index contributed by atoms with van der Waals surface area (Å²) in [5.74, 6) is -0.507. The topological polar surface area (TPSA) is 155 Å². The lowest BCUT2D eigenvalue weighted by Gasteiger charge is -2.11. The Hall–Kier alpha value is -2.75. The number of nitro groups is 1. The first-order valence-electron chi connectivity index (χ1n) is 6.72. The first-order valence-corrected chi connectivity index (χ1v) is 7.86. The van der Waals surface area contributed by atoms with Crippen molar-refractivity contribution in [3.63, 3.8) is 0 Å². The Labute approximate surface area is 162 Å². The van der Waals surface area contributed by atoms with E-state index in [-0.39, 0.29) is 44.2 Å². The van der Waals surface area contributed by atoms with Crippen LogP contribution >= 0.6 is 34.8 Å². The summed E-state index contributed by atoms with van der Waals surface area (Å²) in [6, 6.07) is 6.98. The molecule has 2 rings (SSSR count). The molecule has 0 saturated heterocycles. The normalized spacial score (nSPS) is 11.1. The number of nitro benzene ring substituents is 1. The molecule has 0 aromatic heterocycles. The molecule has 0 aliphatic heterocycles. The van der Waals surface area contributed by atoms with Gasteiger partial charge in [0.25, 0.3) is 5.69 Å². The zero-order valence-electron chi connectivity index (χ0n) is 12.8. The number of rotatable bonds is 4. The molecule has 0 aliphatic rings. The Bertz CT molecular complexity index is 928. The molecular weight excluding hydrogens is 407 g/mol. The van der Waals surface area contributed by atoms with E-state index in [0.717, 1.165) is 6.07 Å². The van der Waals surface area contributed by atoms with Crippen molar-refractivity contribution in [2.45, 2.75) is 0 Å². The monoisotopic (exact) mass is 416 g/mol. The summed E-state index contributed by atoms with van der Waals surface area (Å²) in [5.41, 5.74) is 15.3. The van der Waals surface area contributed by atoms with Gasteiger partial charge in [-0.05, 0) is 12.1 Å². The second kappa shape index (κ2) is 8.09. The molecule has 0 bridgehead atoms. The molecule has 0 fully saturated rings. The number of aliphatic imine (C=N–C) groups is 2. The van der Waals surface area contributed by atoms with Crippen LogP contribution in [0.4, 0.5) is 11.4 Å². The van der Waals surface area contributed by atoms with E-state index in [9.17, 15) is 10.1 Å². The van der Waals surface area contributed by atoms with Crippen LogP contribution in [0.15, 0.2) is 40.3 Å². The summed E-state index contributed by atoms with van der Waals surface area (Å²) in [6.07, 6.45) is 0. The van der Waals surface area contributed by atoms with E-state index in [4.69, 9.17) is 56.7 Å². The highest BCUT2D eigenvalue weighted by Gasteiger charge is 2.20. The minimum Gasteiger partial charge on any atom is -0.454 e. The van der Waals surface area contributed by atoms with Crippen LogP contribution in [0.5, 0.6) is 11.5 Å². The Morgan fingerprint density at radius 3 is 2.38 bits per heavy atom. The van der Waals surface area contributed by atoms with Gasteiger partial charge in [0, 0.05) is 12.1 Å². The fourth-order valence-corrected chi connectivity index (χ4v) is 2.34. The average Bonchev–Trinajstić information content (AvgIpc) is 2.53. The molecule has 0 saturated carbocycles. The van der Waals surface area contributed by atoms with Crippen LogP contribution in [0.25, 0.3) is 0 Å². The summed E-state index contributed by atoms with van der Waals surface area (Å²) in [4.78, 5) is 17.8. The van der Waals surface area contributed by atoms with Crippen LogP contribution in [-0.4, -0.2) is 16.8 Å². The molecule has 0 radical (unpaired) electrons. The molecule has 136 valence electrons. The molecule has 0 unspecified atom stereocenters. The van der Waals surface area contributed by atoms with E-state index in [2.05, 4.69) is 9.98 Å². The van der Waals surface area contributed by atoms with Crippen LogP contribution in [0.2, 0.25) is 15.1 Å². The molecule has 12 heteroatoms. The van der Waals surface area contributed by atoms with Gasteiger partial charge in [-0.3, -0.25) is 10.1 Å². The van der Waals surface area contributed by atoms with Crippen molar-refractivity contribution < 1.29 is 9.66 Å². The van der Waals surface area contributed by atoms with Crippen LogP contribution in [0.1, 0.15) is 0 Å². The van der Waals surface area contributed by atoms with Gasteiger partial charge >= 0.3 is 0 Å². The van der Waals surface area contributed by atoms with Crippen molar-refractivity contribution in [2.24, 2.45) is 27.2 Å². The quantitative estimate of drug-likeness (QED) is 0.299. The second-order valence-electron chi connectivity index (χ2n) is 4.69. The average molecular weight is 418 g/mol. The van der Waals surface area contributed by atoms with Gasteiger partial charge in [-0.1, -0.05) is 40.9 Å². The smallest absolute Gasteiger partial charge is 0.296 e. The van der Waals surface area contributed by atoms with Crippen molar-refractivity contribution in [2.75, 3.05) is 0 Å². The largest absolute Gasteiger partial charge is 0.454 e. The molecule has 0 atom stereocenters. The maximum atomic E-state index is 11.2. The van der Waals surface area contributed by atoms with Gasteiger partial charge in [-0.2, -0.15) is 4.99 Å². The van der Waals surface area contributed by atoms with Crippen molar-refractivity contribution in [3.05, 3.63) is 55.5 Å². The maximum Gasteiger partial charge on any atom is 0.296 e. The lowest BCUT2D eigenvalue weighted by molar-refractivity contribution is -0.384. The number of hydrogen-bond donors (Lipinski definition) is 3. The molecule has 2 aromatic carbocycles. The number of hydrogen-bond acceptors (Lipinski definition) is 4. The molecule has 2 aromatic rings. The van der Waals surface area contributed by atoms with Crippen LogP contribution in [-0.2, 0) is 0 Å². The van der Waals surface area contributed by atoms with Gasteiger partial charge in [0.2, 0.25) is 5.96 Å². The highest BCUT2D eigenvalue weighted by Crippen LogP contribution is 2.42. The van der Waals surface area contributed by atoms with Crippen molar-refractivity contribution in [1.29, 1.82) is 0 Å². The minimum atomic E-state index is -0.691. The Balaban J connectivity index is 2.55. The molecule has 6 N–H and O–H groups in total. The summed E-state index contributed by atoms with van der Waals surface area (Å²) in [5, 5.41) is 11.6. The summed E-state index contributed by atoms with van der Waals surface area (Å²) < 4.78 is 5.59. The van der Waals surface area contributed by atoms with E-state index in [1.54, 1.807) is 18.2 Å². The van der Waals surface area contributed by atoms with Crippen LogP contribution < -0.4 is 21.9 Å². The third kappa shape index (κ3) is 4.66. The molecule has 0 spiro atoms. The maximum absolute atomic E-state index is 11.2. The number of guanidine groups is 2. The van der Waals surface area contributed by atoms with Gasteiger partial charge in [-0.15, -0.1) is 0 Å². The van der Waals surface area contributed by atoms with E-state index in [1.807, 2.05) is 0 Å². The summed E-state index contributed by atoms with van der Waals surface area (Å²) in [6.45, 7) is 0. The SMILES string of the molecule is NC(N)=NC(N)=Nc1cc(Oc2cccc(Cl)c2Cl)c(Cl)cc1[N+](=O)[O-]. The standard InChI is InChI=1S/C14H11Cl3N6O3/c15-6-2-1-3-10(12(6)17)26-11-5-8(21-14(20)22-13(18)19)9(23(24)25)4-7(11)16/h1-5H,(H6,18,19,20,21,22). The minimum absolute atomic E-state index is 0.0395. The van der Waals surface area contributed by atoms with Crippen molar-refractivity contribution >= 4 is 58.1 Å². The predicted octanol–water partition coefficient (Wildman–Crippen LogP) is 3.57. The summed E-state index contributed by atoms with van der Waals surface area (Å²) >= 11 is 18.0. The fourth-order valence-electron chi connectivity index (χ4n) is 1.81. The number of nitrogens with zero attached hydrogens (tertiary/aromatic N) is 3. The number of ether oxygens (including phenoxy) is 1. The molecule has 0 heterocycles. The lowest BCUT2D eigenvalue weighted by atomic mass is 10.2. The molecule has 9 nitrogen and oxygen atoms in total. The van der Waals surface area contributed by atoms with Crippen LogP contribution in [0, 0.1) is 10.1 Å². The zero-order valence-corrected chi connectivity index (χ0v) is 15.1. The van der Waals surface area contributed by atoms with Gasteiger partial charge in [-0.25, -0.2) is 4.99 Å². The molecule has 26 heavy (non-hydrogen) atoms. The first kappa shape index (κ1) is 19.6. The Morgan fingerprint density at radius 1 is 1.08 bits per heavy atom. The number of benzene rings is 2. The highest BCUT2D eigenvalue weighted by molar-refractivity contribution is 6.43. The Kier molecular flexibility index (Phi) is 6.09. The molecule has 0 amide bonds. The van der Waals surface area contributed by atoms with Gasteiger partial charge in [0.1, 0.15) is 22.2 Å². The first-order chi connectivity index (χ1) is 12.2.